The third-order valence-corrected chi connectivity index (χ3v) is 4.39. The van der Waals surface area contributed by atoms with Crippen molar-refractivity contribution in [2.45, 2.75) is 18.8 Å². The van der Waals surface area contributed by atoms with E-state index in [4.69, 9.17) is 0 Å². The first-order valence-electron chi connectivity index (χ1n) is 7.99. The van der Waals surface area contributed by atoms with E-state index < -0.39 is 23.7 Å². The number of alkyl halides is 3. The average molecular weight is 374 g/mol. The van der Waals surface area contributed by atoms with Crippen LogP contribution in [0.5, 0.6) is 0 Å². The predicted molar refractivity (Wildman–Crippen MR) is 91.4 cm³/mol. The molecule has 0 radical (unpaired) electrons. The van der Waals surface area contributed by atoms with Crippen molar-refractivity contribution in [2.75, 3.05) is 5.32 Å². The first-order chi connectivity index (χ1) is 12.7. The van der Waals surface area contributed by atoms with E-state index in [0.717, 1.165) is 4.57 Å². The maximum absolute atomic E-state index is 13.9. The molecule has 3 aromatic rings. The Balaban J connectivity index is 1.78. The molecule has 4 rings (SSSR count). The first kappa shape index (κ1) is 17.1. The fraction of sp³-hybridized carbons (Fsp3) is 0.167. The monoisotopic (exact) mass is 374 g/mol. The van der Waals surface area contributed by atoms with Crippen molar-refractivity contribution < 1.29 is 22.8 Å². The highest BCUT2D eigenvalue weighted by molar-refractivity contribution is 6.08. The van der Waals surface area contributed by atoms with Crippen LogP contribution in [0.1, 0.15) is 20.7 Å². The van der Waals surface area contributed by atoms with Gasteiger partial charge in [0.2, 0.25) is 5.95 Å². The molecule has 2 heterocycles. The fourth-order valence-electron chi connectivity index (χ4n) is 3.08. The highest BCUT2D eigenvalue weighted by Crippen LogP contribution is 2.39. The fourth-order valence-corrected chi connectivity index (χ4v) is 3.08. The number of amides is 1. The number of para-hydroxylation sites is 2. The Hall–Kier alpha value is -3.36. The average Bonchev–Trinajstić information content (AvgIpc) is 3.09. The van der Waals surface area contributed by atoms with Gasteiger partial charge in [-0.2, -0.15) is 13.2 Å². The van der Waals surface area contributed by atoms with Crippen molar-refractivity contribution in [1.82, 2.24) is 14.9 Å². The maximum atomic E-state index is 13.9. The number of imidazole rings is 1. The van der Waals surface area contributed by atoms with Crippen molar-refractivity contribution in [1.29, 1.82) is 0 Å². The summed E-state index contributed by atoms with van der Waals surface area (Å²) < 4.78 is 42.6. The van der Waals surface area contributed by atoms with Crippen LogP contribution in [0, 0.1) is 6.92 Å². The van der Waals surface area contributed by atoms with Crippen LogP contribution in [-0.4, -0.2) is 33.2 Å². The van der Waals surface area contributed by atoms with Gasteiger partial charge < -0.3 is 10.6 Å². The van der Waals surface area contributed by atoms with E-state index in [1.165, 1.54) is 18.2 Å². The second kappa shape index (κ2) is 5.57. The van der Waals surface area contributed by atoms with Gasteiger partial charge in [0.1, 0.15) is 0 Å². The smallest absolute Gasteiger partial charge is 0.317 e. The summed E-state index contributed by atoms with van der Waals surface area (Å²) in [5.41, 5.74) is -1.98. The lowest BCUT2D eigenvalue weighted by atomic mass is 10.1. The van der Waals surface area contributed by atoms with Crippen LogP contribution >= 0.6 is 0 Å². The van der Waals surface area contributed by atoms with Crippen LogP contribution in [0.3, 0.4) is 0 Å². The van der Waals surface area contributed by atoms with Crippen LogP contribution in [0.4, 0.5) is 19.1 Å². The molecule has 1 aromatic heterocycles. The molecule has 0 saturated carbocycles. The molecule has 27 heavy (non-hydrogen) atoms. The minimum absolute atomic E-state index is 0.0163. The second-order valence-electron chi connectivity index (χ2n) is 6.26. The molecule has 0 saturated heterocycles. The molecule has 0 aliphatic carbocycles. The molecular formula is C18H13F3N4O2. The van der Waals surface area contributed by atoms with E-state index >= 15 is 0 Å². The van der Waals surface area contributed by atoms with Gasteiger partial charge in [-0.05, 0) is 31.2 Å². The predicted octanol–water partition coefficient (Wildman–Crippen LogP) is 3.10. The lowest BCUT2D eigenvalue weighted by molar-refractivity contribution is -0.169. The summed E-state index contributed by atoms with van der Waals surface area (Å²) in [6.07, 6.45) is -5.09. The lowest BCUT2D eigenvalue weighted by Gasteiger charge is -2.30. The summed E-state index contributed by atoms with van der Waals surface area (Å²) >= 11 is 0. The number of halogens is 3. The third-order valence-electron chi connectivity index (χ3n) is 4.39. The number of fused-ring (bicyclic) bond motifs is 3. The summed E-state index contributed by atoms with van der Waals surface area (Å²) in [5.74, 6) is -2.66. The summed E-state index contributed by atoms with van der Waals surface area (Å²) in [6.45, 7) is 1.71. The van der Waals surface area contributed by atoms with E-state index in [2.05, 4.69) is 10.3 Å². The van der Waals surface area contributed by atoms with Crippen molar-refractivity contribution in [3.8, 4) is 0 Å². The van der Waals surface area contributed by atoms with Crippen molar-refractivity contribution in [3.63, 3.8) is 0 Å². The number of nitrogens with zero attached hydrogens (tertiary/aromatic N) is 2. The zero-order chi connectivity index (χ0) is 19.4. The number of nitrogens with one attached hydrogen (secondary N) is 2. The Morgan fingerprint density at radius 1 is 1.19 bits per heavy atom. The topological polar surface area (TPSA) is 76.0 Å². The molecule has 1 atom stereocenters. The van der Waals surface area contributed by atoms with Gasteiger partial charge in [0.05, 0.1) is 11.0 Å². The third kappa shape index (κ3) is 2.46. The van der Waals surface area contributed by atoms with E-state index in [-0.39, 0.29) is 17.0 Å². The number of carbonyl (C=O) groups excluding carboxylic acids is 2. The van der Waals surface area contributed by atoms with E-state index in [0.29, 0.717) is 11.1 Å². The SMILES string of the molecule is Cc1cccc(C(=O)N[C@]2(C(F)(F)F)Nc3nc4ccccc4n3C2=O)c1. The number of anilines is 1. The zero-order valence-electron chi connectivity index (χ0n) is 14.0. The quantitative estimate of drug-likeness (QED) is 0.723. The summed E-state index contributed by atoms with van der Waals surface area (Å²) in [7, 11) is 0. The minimum atomic E-state index is -5.09. The molecule has 0 unspecified atom stereocenters. The Morgan fingerprint density at radius 2 is 1.93 bits per heavy atom. The van der Waals surface area contributed by atoms with Gasteiger partial charge in [-0.25, -0.2) is 9.55 Å². The molecular weight excluding hydrogens is 361 g/mol. The van der Waals surface area contributed by atoms with E-state index in [1.807, 2.05) is 5.32 Å². The van der Waals surface area contributed by atoms with Crippen molar-refractivity contribution in [3.05, 3.63) is 59.7 Å². The van der Waals surface area contributed by atoms with E-state index in [9.17, 15) is 22.8 Å². The zero-order valence-corrected chi connectivity index (χ0v) is 14.0. The maximum Gasteiger partial charge on any atom is 0.440 e. The molecule has 2 N–H and O–H groups in total. The standard InChI is InChI=1S/C18H13F3N4O2/c1-10-5-4-6-11(9-10)14(26)23-17(18(19,20)21)15(27)25-13-8-3-2-7-12(13)22-16(25)24-17/h2-9H,1H3,(H,22,24)(H,23,26)/t17-/m0/s1. The van der Waals surface area contributed by atoms with Gasteiger partial charge in [-0.3, -0.25) is 9.59 Å². The van der Waals surface area contributed by atoms with Gasteiger partial charge in [0.25, 0.3) is 17.5 Å². The molecule has 0 fully saturated rings. The number of benzene rings is 2. The summed E-state index contributed by atoms with van der Waals surface area (Å²) in [4.78, 5) is 29.3. The number of aryl methyl sites for hydroxylation is 1. The number of rotatable bonds is 2. The summed E-state index contributed by atoms with van der Waals surface area (Å²) in [5, 5.41) is 3.93. The Bertz CT molecular complexity index is 1090. The normalized spacial score (nSPS) is 19.0. The number of hydrogen-bond donors (Lipinski definition) is 2. The number of aromatic nitrogens is 2. The lowest BCUT2D eigenvalue weighted by Crippen LogP contribution is -2.67. The van der Waals surface area contributed by atoms with Gasteiger partial charge >= 0.3 is 6.18 Å². The molecule has 0 spiro atoms. The van der Waals surface area contributed by atoms with Crippen LogP contribution in [-0.2, 0) is 0 Å². The molecule has 2 aromatic carbocycles. The summed E-state index contributed by atoms with van der Waals surface area (Å²) in [6, 6.07) is 12.4. The molecule has 1 aliphatic heterocycles. The number of carbonyl (C=O) groups is 2. The Labute approximate surface area is 151 Å². The van der Waals surface area contributed by atoms with Crippen LogP contribution in [0.2, 0.25) is 0 Å². The van der Waals surface area contributed by atoms with Gasteiger partial charge in [-0.1, -0.05) is 29.8 Å². The van der Waals surface area contributed by atoms with Crippen molar-refractivity contribution >= 4 is 28.8 Å². The molecule has 138 valence electrons. The van der Waals surface area contributed by atoms with Crippen LogP contribution < -0.4 is 10.6 Å². The van der Waals surface area contributed by atoms with Crippen LogP contribution in [0.15, 0.2) is 48.5 Å². The molecule has 6 nitrogen and oxygen atoms in total. The largest absolute Gasteiger partial charge is 0.440 e. The Morgan fingerprint density at radius 3 is 2.63 bits per heavy atom. The highest BCUT2D eigenvalue weighted by atomic mass is 19.4. The molecule has 9 heteroatoms. The van der Waals surface area contributed by atoms with Gasteiger partial charge in [0.15, 0.2) is 0 Å². The van der Waals surface area contributed by atoms with E-state index in [1.54, 1.807) is 37.3 Å². The van der Waals surface area contributed by atoms with Gasteiger partial charge in [-0.15, -0.1) is 0 Å². The van der Waals surface area contributed by atoms with Gasteiger partial charge in [0, 0.05) is 5.56 Å². The molecule has 0 bridgehead atoms. The second-order valence-corrected chi connectivity index (χ2v) is 6.26. The molecule has 1 aliphatic rings. The van der Waals surface area contributed by atoms with Crippen LogP contribution in [0.25, 0.3) is 11.0 Å². The Kier molecular flexibility index (Phi) is 3.52. The molecule has 1 amide bonds. The first-order valence-corrected chi connectivity index (χ1v) is 7.99. The highest BCUT2D eigenvalue weighted by Gasteiger charge is 2.66. The number of hydrogen-bond acceptors (Lipinski definition) is 4. The minimum Gasteiger partial charge on any atom is -0.317 e. The van der Waals surface area contributed by atoms with Crippen molar-refractivity contribution in [2.24, 2.45) is 0 Å².